The standard InChI is InChI=1S/C22H39N5O3/c1-17(2)24(4)13-19(28)14-25-9-11-26(12-10-25)15-21-23-20(16-30-21)22(29)27-8-6-5-7-18(27)3/h16-19,28H,5-15H2,1-4H3. The number of carbonyl (C=O) groups excluding carboxylic acids is 1. The normalized spacial score (nSPS) is 22.8. The molecule has 2 unspecified atom stereocenters. The Morgan fingerprint density at radius 2 is 1.93 bits per heavy atom. The maximum Gasteiger partial charge on any atom is 0.276 e. The molecule has 0 saturated carbocycles. The molecule has 2 saturated heterocycles. The Bertz CT molecular complexity index is 671. The van der Waals surface area contributed by atoms with Gasteiger partial charge in [-0.05, 0) is 47.1 Å². The predicted octanol–water partition coefficient (Wildman–Crippen LogP) is 1.51. The number of aromatic nitrogens is 1. The van der Waals surface area contributed by atoms with E-state index in [4.69, 9.17) is 4.42 Å². The lowest BCUT2D eigenvalue weighted by atomic mass is 10.0. The van der Waals surface area contributed by atoms with E-state index in [1.807, 2.05) is 11.9 Å². The summed E-state index contributed by atoms with van der Waals surface area (Å²) in [5, 5.41) is 10.3. The van der Waals surface area contributed by atoms with Crippen LogP contribution < -0.4 is 0 Å². The van der Waals surface area contributed by atoms with Crippen molar-refractivity contribution in [3.05, 3.63) is 17.8 Å². The van der Waals surface area contributed by atoms with Crippen molar-refractivity contribution in [1.29, 1.82) is 0 Å². The number of likely N-dealkylation sites (N-methyl/N-ethyl adjacent to an activating group) is 1. The Morgan fingerprint density at radius 1 is 1.23 bits per heavy atom. The number of likely N-dealkylation sites (tertiary alicyclic amines) is 1. The van der Waals surface area contributed by atoms with Gasteiger partial charge in [-0.3, -0.25) is 14.6 Å². The van der Waals surface area contributed by atoms with Crippen molar-refractivity contribution in [3.63, 3.8) is 0 Å². The molecule has 2 fully saturated rings. The molecule has 1 aromatic rings. The number of hydrogen-bond donors (Lipinski definition) is 1. The molecule has 0 radical (unpaired) electrons. The van der Waals surface area contributed by atoms with Crippen LogP contribution in [0.4, 0.5) is 0 Å². The van der Waals surface area contributed by atoms with Crippen LogP contribution in [0.3, 0.4) is 0 Å². The highest BCUT2D eigenvalue weighted by Crippen LogP contribution is 2.19. The summed E-state index contributed by atoms with van der Waals surface area (Å²) < 4.78 is 5.61. The predicted molar refractivity (Wildman–Crippen MR) is 116 cm³/mol. The number of carbonyl (C=O) groups is 1. The molecule has 8 heteroatoms. The van der Waals surface area contributed by atoms with E-state index in [0.29, 0.717) is 37.3 Å². The number of aliphatic hydroxyl groups is 1. The van der Waals surface area contributed by atoms with E-state index in [1.165, 1.54) is 12.7 Å². The van der Waals surface area contributed by atoms with Crippen LogP contribution in [-0.4, -0.2) is 107 Å². The van der Waals surface area contributed by atoms with Crippen molar-refractivity contribution < 1.29 is 14.3 Å². The van der Waals surface area contributed by atoms with Crippen molar-refractivity contribution in [2.45, 2.75) is 64.8 Å². The van der Waals surface area contributed by atoms with E-state index in [2.05, 4.69) is 40.5 Å². The van der Waals surface area contributed by atoms with E-state index in [0.717, 1.165) is 45.6 Å². The van der Waals surface area contributed by atoms with Gasteiger partial charge in [-0.2, -0.15) is 0 Å². The number of oxazole rings is 1. The third kappa shape index (κ3) is 6.26. The van der Waals surface area contributed by atoms with Gasteiger partial charge >= 0.3 is 0 Å². The molecule has 2 aliphatic rings. The molecule has 0 spiro atoms. The van der Waals surface area contributed by atoms with Crippen LogP contribution in [0.2, 0.25) is 0 Å². The summed E-state index contributed by atoms with van der Waals surface area (Å²) in [6, 6.07) is 0.711. The maximum absolute atomic E-state index is 12.7. The maximum atomic E-state index is 12.7. The van der Waals surface area contributed by atoms with Gasteiger partial charge in [-0.25, -0.2) is 4.98 Å². The van der Waals surface area contributed by atoms with Crippen molar-refractivity contribution in [3.8, 4) is 0 Å². The summed E-state index contributed by atoms with van der Waals surface area (Å²) in [6.07, 6.45) is 4.49. The largest absolute Gasteiger partial charge is 0.447 e. The summed E-state index contributed by atoms with van der Waals surface area (Å²) in [4.78, 5) is 25.9. The van der Waals surface area contributed by atoms with E-state index in [9.17, 15) is 9.90 Å². The fraction of sp³-hybridized carbons (Fsp3) is 0.818. The average Bonchev–Trinajstić information content (AvgIpc) is 3.17. The number of rotatable bonds is 8. The Kier molecular flexibility index (Phi) is 8.27. The Labute approximate surface area is 180 Å². The number of hydrogen-bond acceptors (Lipinski definition) is 7. The van der Waals surface area contributed by atoms with E-state index < -0.39 is 0 Å². The van der Waals surface area contributed by atoms with Crippen LogP contribution in [0.25, 0.3) is 0 Å². The molecule has 3 rings (SSSR count). The number of aliphatic hydroxyl groups excluding tert-OH is 1. The highest BCUT2D eigenvalue weighted by atomic mass is 16.3. The highest BCUT2D eigenvalue weighted by Gasteiger charge is 2.27. The molecule has 170 valence electrons. The molecule has 1 amide bonds. The van der Waals surface area contributed by atoms with Crippen LogP contribution in [0.5, 0.6) is 0 Å². The second-order valence-electron chi connectivity index (χ2n) is 9.23. The van der Waals surface area contributed by atoms with Gasteiger partial charge in [0.1, 0.15) is 6.26 Å². The number of piperidine rings is 1. The van der Waals surface area contributed by atoms with Gasteiger partial charge in [0.15, 0.2) is 5.69 Å². The van der Waals surface area contributed by atoms with E-state index in [-0.39, 0.29) is 18.1 Å². The third-order valence-electron chi connectivity index (χ3n) is 6.51. The van der Waals surface area contributed by atoms with Crippen molar-refractivity contribution >= 4 is 5.91 Å². The van der Waals surface area contributed by atoms with Crippen LogP contribution in [-0.2, 0) is 6.54 Å². The van der Waals surface area contributed by atoms with Gasteiger partial charge in [0, 0.05) is 57.9 Å². The first kappa shape index (κ1) is 23.2. The fourth-order valence-electron chi connectivity index (χ4n) is 4.25. The van der Waals surface area contributed by atoms with Crippen molar-refractivity contribution in [2.75, 3.05) is 52.9 Å². The quantitative estimate of drug-likeness (QED) is 0.682. The Hall–Kier alpha value is -1.48. The minimum atomic E-state index is -0.332. The molecular formula is C22H39N5O3. The first-order valence-electron chi connectivity index (χ1n) is 11.4. The minimum absolute atomic E-state index is 0.0117. The second-order valence-corrected chi connectivity index (χ2v) is 9.23. The number of β-amino-alcohol motifs (C(OH)–C–C–N with tert-alkyl or cyclic N) is 1. The molecule has 1 aromatic heterocycles. The Morgan fingerprint density at radius 3 is 2.60 bits per heavy atom. The molecule has 2 aliphatic heterocycles. The van der Waals surface area contributed by atoms with Crippen molar-refractivity contribution in [1.82, 2.24) is 24.6 Å². The monoisotopic (exact) mass is 421 g/mol. The van der Waals surface area contributed by atoms with Gasteiger partial charge in [0.05, 0.1) is 12.6 Å². The summed E-state index contributed by atoms with van der Waals surface area (Å²) >= 11 is 0. The number of piperazine rings is 1. The fourth-order valence-corrected chi connectivity index (χ4v) is 4.25. The molecule has 0 bridgehead atoms. The molecule has 30 heavy (non-hydrogen) atoms. The number of nitrogens with zero attached hydrogens (tertiary/aromatic N) is 5. The van der Waals surface area contributed by atoms with E-state index >= 15 is 0 Å². The molecular weight excluding hydrogens is 382 g/mol. The zero-order valence-corrected chi connectivity index (χ0v) is 19.1. The van der Waals surface area contributed by atoms with Gasteiger partial charge < -0.3 is 19.3 Å². The SMILES string of the molecule is CC(C)N(C)CC(O)CN1CCN(Cc2nc(C(=O)N3CCCCC3C)co2)CC1. The first-order chi connectivity index (χ1) is 14.3. The smallest absolute Gasteiger partial charge is 0.276 e. The molecule has 3 heterocycles. The van der Waals surface area contributed by atoms with Crippen LogP contribution >= 0.6 is 0 Å². The lowest BCUT2D eigenvalue weighted by Gasteiger charge is -2.35. The van der Waals surface area contributed by atoms with Gasteiger partial charge in [0.25, 0.3) is 5.91 Å². The number of amides is 1. The average molecular weight is 422 g/mol. The molecule has 8 nitrogen and oxygen atoms in total. The van der Waals surface area contributed by atoms with Crippen LogP contribution in [0.1, 0.15) is 56.4 Å². The minimum Gasteiger partial charge on any atom is -0.447 e. The molecule has 0 aromatic carbocycles. The summed E-state index contributed by atoms with van der Waals surface area (Å²) in [5.74, 6) is 0.595. The lowest BCUT2D eigenvalue weighted by Crippen LogP contribution is -2.49. The molecule has 0 aliphatic carbocycles. The lowest BCUT2D eigenvalue weighted by molar-refractivity contribution is 0.0469. The van der Waals surface area contributed by atoms with Gasteiger partial charge in [-0.15, -0.1) is 0 Å². The summed E-state index contributed by atoms with van der Waals surface area (Å²) in [7, 11) is 2.05. The van der Waals surface area contributed by atoms with Crippen molar-refractivity contribution in [2.24, 2.45) is 0 Å². The van der Waals surface area contributed by atoms with Crippen LogP contribution in [0.15, 0.2) is 10.7 Å². The Balaban J connectivity index is 1.43. The highest BCUT2D eigenvalue weighted by molar-refractivity contribution is 5.92. The molecule has 1 N–H and O–H groups in total. The summed E-state index contributed by atoms with van der Waals surface area (Å²) in [5.41, 5.74) is 0.426. The van der Waals surface area contributed by atoms with E-state index in [1.54, 1.807) is 0 Å². The zero-order valence-electron chi connectivity index (χ0n) is 19.1. The van der Waals surface area contributed by atoms with Gasteiger partial charge in [0.2, 0.25) is 5.89 Å². The van der Waals surface area contributed by atoms with Gasteiger partial charge in [-0.1, -0.05) is 0 Å². The second kappa shape index (κ2) is 10.7. The first-order valence-corrected chi connectivity index (χ1v) is 11.4. The summed E-state index contributed by atoms with van der Waals surface area (Å²) in [6.45, 7) is 12.9. The van der Waals surface area contributed by atoms with Crippen LogP contribution in [0, 0.1) is 0 Å². The molecule has 2 atom stereocenters. The third-order valence-corrected chi connectivity index (χ3v) is 6.51. The zero-order chi connectivity index (χ0) is 21.7. The topological polar surface area (TPSA) is 76.3 Å².